The minimum absolute atomic E-state index is 0.124. The molecule has 2 fully saturated rings. The second-order valence-electron chi connectivity index (χ2n) is 10.5. The van der Waals surface area contributed by atoms with Crippen molar-refractivity contribution in [1.29, 1.82) is 0 Å². The Morgan fingerprint density at radius 1 is 1.07 bits per heavy atom. The molecule has 0 spiro atoms. The van der Waals surface area contributed by atoms with Crippen LogP contribution in [-0.4, -0.2) is 119 Å². The van der Waals surface area contributed by atoms with Crippen LogP contribution >= 0.6 is 11.6 Å². The molecule has 1 aromatic carbocycles. The first-order valence-electron chi connectivity index (χ1n) is 14.1. The molecule has 2 aliphatic rings. The van der Waals surface area contributed by atoms with Crippen LogP contribution in [0.15, 0.2) is 30.6 Å². The summed E-state index contributed by atoms with van der Waals surface area (Å²) in [6.07, 6.45) is -1.80. The maximum Gasteiger partial charge on any atom is 0.451 e. The van der Waals surface area contributed by atoms with Gasteiger partial charge in [-0.25, -0.2) is 14.6 Å². The van der Waals surface area contributed by atoms with Crippen molar-refractivity contribution < 1.29 is 27.5 Å². The predicted molar refractivity (Wildman–Crippen MR) is 155 cm³/mol. The van der Waals surface area contributed by atoms with Crippen LogP contribution in [0.4, 0.5) is 24.5 Å². The molecular formula is C27H32ClF3N10O3. The quantitative estimate of drug-likeness (QED) is 0.266. The molecule has 4 heterocycles. The molecule has 0 saturated carbocycles. The number of morpholine rings is 1. The molecule has 2 saturated heterocycles. The van der Waals surface area contributed by atoms with Gasteiger partial charge in [-0.15, -0.1) is 5.10 Å². The van der Waals surface area contributed by atoms with Crippen molar-refractivity contribution in [3.8, 4) is 5.69 Å². The molecule has 44 heavy (non-hydrogen) atoms. The first kappa shape index (κ1) is 31.6. The first-order valence-corrected chi connectivity index (χ1v) is 14.5. The second-order valence-corrected chi connectivity index (χ2v) is 10.8. The zero-order valence-electron chi connectivity index (χ0n) is 24.0. The third-order valence-electron chi connectivity index (χ3n) is 7.34. The number of hydrogen-bond donors (Lipinski definition) is 2. The van der Waals surface area contributed by atoms with Crippen LogP contribution in [-0.2, 0) is 10.9 Å². The summed E-state index contributed by atoms with van der Waals surface area (Å²) >= 11 is 5.95. The SMILES string of the molecule is CN1CCN(c2ccc(-n3cc(C(=O)NCCCN4CCOCC4)nn3)cc2NC(=O)c2cnc(C(F)(F)F)nc2Cl)CC1. The number of halogens is 4. The third-order valence-corrected chi connectivity index (χ3v) is 7.63. The van der Waals surface area contributed by atoms with Crippen LogP contribution in [0.25, 0.3) is 5.69 Å². The summed E-state index contributed by atoms with van der Waals surface area (Å²) in [7, 11) is 2.01. The van der Waals surface area contributed by atoms with E-state index in [-0.39, 0.29) is 17.2 Å². The van der Waals surface area contributed by atoms with Gasteiger partial charge in [-0.3, -0.25) is 14.5 Å². The summed E-state index contributed by atoms with van der Waals surface area (Å²) in [5.41, 5.74) is 1.35. The van der Waals surface area contributed by atoms with Gasteiger partial charge < -0.3 is 25.2 Å². The third kappa shape index (κ3) is 7.80. The van der Waals surface area contributed by atoms with Crippen molar-refractivity contribution in [2.24, 2.45) is 0 Å². The molecule has 5 rings (SSSR count). The van der Waals surface area contributed by atoms with Gasteiger partial charge in [0.15, 0.2) is 5.69 Å². The fourth-order valence-electron chi connectivity index (χ4n) is 4.84. The van der Waals surface area contributed by atoms with Crippen molar-refractivity contribution in [2.75, 3.05) is 82.8 Å². The minimum atomic E-state index is -4.81. The summed E-state index contributed by atoms with van der Waals surface area (Å²) in [4.78, 5) is 38.9. The summed E-state index contributed by atoms with van der Waals surface area (Å²) in [5.74, 6) is -2.59. The van der Waals surface area contributed by atoms with E-state index < -0.39 is 23.1 Å². The molecule has 2 amide bonds. The van der Waals surface area contributed by atoms with Gasteiger partial charge in [0, 0.05) is 52.0 Å². The van der Waals surface area contributed by atoms with E-state index in [0.29, 0.717) is 49.9 Å². The highest BCUT2D eigenvalue weighted by molar-refractivity contribution is 6.33. The number of anilines is 2. The lowest BCUT2D eigenvalue weighted by molar-refractivity contribution is -0.145. The van der Waals surface area contributed by atoms with Crippen LogP contribution in [0, 0.1) is 0 Å². The molecule has 13 nitrogen and oxygen atoms in total. The van der Waals surface area contributed by atoms with Gasteiger partial charge in [0.1, 0.15) is 5.15 Å². The highest BCUT2D eigenvalue weighted by Gasteiger charge is 2.35. The summed E-state index contributed by atoms with van der Waals surface area (Å²) < 4.78 is 45.8. The average Bonchev–Trinajstić information content (AvgIpc) is 3.50. The Bertz CT molecular complexity index is 1470. The van der Waals surface area contributed by atoms with Crippen LogP contribution in [0.2, 0.25) is 5.15 Å². The topological polar surface area (TPSA) is 134 Å². The fourth-order valence-corrected chi connectivity index (χ4v) is 5.06. The molecule has 0 bridgehead atoms. The molecule has 0 aliphatic carbocycles. The van der Waals surface area contributed by atoms with Gasteiger partial charge in [0.25, 0.3) is 11.8 Å². The first-order chi connectivity index (χ1) is 21.1. The van der Waals surface area contributed by atoms with E-state index in [4.69, 9.17) is 16.3 Å². The number of hydrogen-bond acceptors (Lipinski definition) is 10. The lowest BCUT2D eigenvalue weighted by Gasteiger charge is -2.35. The molecule has 3 aromatic rings. The molecule has 236 valence electrons. The standard InChI is InChI=1S/C27H32ClF3N10O3/c1-38-7-9-40(10-8-38)22-4-3-18(15-20(22)34-24(42)19-16-33-26(27(29,30)31)35-23(19)28)41-17-21(36-37-41)25(43)32-5-2-6-39-11-13-44-14-12-39/h3-4,15-17H,2,5-14H2,1H3,(H,32,43)(H,34,42). The number of likely N-dealkylation sites (N-methyl/N-ethyl adjacent to an activating group) is 1. The number of carbonyl (C=O) groups is 2. The van der Waals surface area contributed by atoms with Gasteiger partial charge >= 0.3 is 6.18 Å². The summed E-state index contributed by atoms with van der Waals surface area (Å²) in [6.45, 7) is 7.48. The van der Waals surface area contributed by atoms with E-state index in [1.54, 1.807) is 18.2 Å². The van der Waals surface area contributed by atoms with Gasteiger partial charge in [0.05, 0.1) is 42.0 Å². The molecule has 2 aliphatic heterocycles. The number of piperazine rings is 1. The van der Waals surface area contributed by atoms with Gasteiger partial charge in [-0.2, -0.15) is 13.2 Å². The maximum atomic E-state index is 13.2. The molecule has 0 atom stereocenters. The average molecular weight is 637 g/mol. The fraction of sp³-hybridized carbons (Fsp3) is 0.481. The zero-order valence-corrected chi connectivity index (χ0v) is 24.7. The van der Waals surface area contributed by atoms with Gasteiger partial charge in [-0.05, 0) is 38.2 Å². The van der Waals surface area contributed by atoms with Crippen molar-refractivity contribution in [1.82, 2.24) is 40.1 Å². The van der Waals surface area contributed by atoms with E-state index in [1.165, 1.54) is 10.9 Å². The molecule has 2 aromatic heterocycles. The van der Waals surface area contributed by atoms with E-state index >= 15 is 0 Å². The Balaban J connectivity index is 1.31. The Kier molecular flexibility index (Phi) is 9.93. The Morgan fingerprint density at radius 2 is 1.82 bits per heavy atom. The highest BCUT2D eigenvalue weighted by atomic mass is 35.5. The van der Waals surface area contributed by atoms with Crippen LogP contribution < -0.4 is 15.5 Å². The van der Waals surface area contributed by atoms with E-state index in [1.807, 2.05) is 7.05 Å². The predicted octanol–water partition coefficient (Wildman–Crippen LogP) is 2.19. The zero-order chi connectivity index (χ0) is 31.3. The van der Waals surface area contributed by atoms with Gasteiger partial charge in [-0.1, -0.05) is 16.8 Å². The number of benzene rings is 1. The Morgan fingerprint density at radius 3 is 2.52 bits per heavy atom. The van der Waals surface area contributed by atoms with E-state index in [0.717, 1.165) is 45.3 Å². The summed E-state index contributed by atoms with van der Waals surface area (Å²) in [5, 5.41) is 13.1. The monoisotopic (exact) mass is 636 g/mol. The normalized spacial score (nSPS) is 16.6. The molecule has 0 radical (unpaired) electrons. The number of nitrogens with zero attached hydrogens (tertiary/aromatic N) is 8. The number of alkyl halides is 3. The second kappa shape index (κ2) is 13.8. The minimum Gasteiger partial charge on any atom is -0.379 e. The number of amides is 2. The van der Waals surface area contributed by atoms with Crippen molar-refractivity contribution in [3.63, 3.8) is 0 Å². The molecule has 17 heteroatoms. The van der Waals surface area contributed by atoms with E-state index in [9.17, 15) is 22.8 Å². The molecule has 0 unspecified atom stereocenters. The van der Waals surface area contributed by atoms with Crippen LogP contribution in [0.1, 0.15) is 33.1 Å². The smallest absolute Gasteiger partial charge is 0.379 e. The number of rotatable bonds is 9. The lowest BCUT2D eigenvalue weighted by atomic mass is 10.1. The molecule has 2 N–H and O–H groups in total. The van der Waals surface area contributed by atoms with Crippen molar-refractivity contribution >= 4 is 34.8 Å². The van der Waals surface area contributed by atoms with Gasteiger partial charge in [0.2, 0.25) is 5.82 Å². The Labute approximate surface area is 256 Å². The Hall–Kier alpha value is -3.86. The lowest BCUT2D eigenvalue weighted by Crippen LogP contribution is -2.44. The number of aromatic nitrogens is 5. The number of carbonyl (C=O) groups excluding carboxylic acids is 2. The van der Waals surface area contributed by atoms with Crippen molar-refractivity contribution in [2.45, 2.75) is 12.6 Å². The van der Waals surface area contributed by atoms with Crippen molar-refractivity contribution in [3.05, 3.63) is 52.8 Å². The summed E-state index contributed by atoms with van der Waals surface area (Å²) in [6, 6.07) is 5.22. The van der Waals surface area contributed by atoms with Crippen LogP contribution in [0.5, 0.6) is 0 Å². The van der Waals surface area contributed by atoms with Crippen LogP contribution in [0.3, 0.4) is 0 Å². The largest absolute Gasteiger partial charge is 0.451 e. The van der Waals surface area contributed by atoms with E-state index in [2.05, 4.69) is 45.6 Å². The molecular weight excluding hydrogens is 605 g/mol. The number of ether oxygens (including phenoxy) is 1. The highest BCUT2D eigenvalue weighted by Crippen LogP contribution is 2.31. The maximum absolute atomic E-state index is 13.2. The number of nitrogens with one attached hydrogen (secondary N) is 2.